The van der Waals surface area contributed by atoms with Crippen LogP contribution in [0.5, 0.6) is 5.75 Å². The van der Waals surface area contributed by atoms with Gasteiger partial charge in [0.25, 0.3) is 0 Å². The summed E-state index contributed by atoms with van der Waals surface area (Å²) in [6, 6.07) is 11.4. The van der Waals surface area contributed by atoms with E-state index in [0.29, 0.717) is 23.9 Å². The monoisotopic (exact) mass is 384 g/mol. The molecule has 0 radical (unpaired) electrons. The highest BCUT2D eigenvalue weighted by Gasteiger charge is 2.32. The van der Waals surface area contributed by atoms with Crippen molar-refractivity contribution in [1.82, 2.24) is 10.3 Å². The fraction of sp³-hybridized carbons (Fsp3) is 0.333. The van der Waals surface area contributed by atoms with Gasteiger partial charge in [-0.05, 0) is 38.1 Å². The Morgan fingerprint density at radius 3 is 2.42 bits per heavy atom. The number of hydrogen-bond acceptors (Lipinski definition) is 4. The maximum absolute atomic E-state index is 12.6. The van der Waals surface area contributed by atoms with Crippen LogP contribution in [0.25, 0.3) is 0 Å². The van der Waals surface area contributed by atoms with E-state index in [1.807, 2.05) is 30.3 Å². The lowest BCUT2D eigenvalue weighted by Gasteiger charge is -2.22. The number of ether oxygens (including phenoxy) is 1. The normalized spacial score (nSPS) is 11.9. The third kappa shape index (κ3) is 5.94. The molecule has 1 aromatic heterocycles. The number of amides is 1. The molecule has 0 fully saturated rings. The number of carbonyl (C=O) groups is 1. The molecule has 0 saturated heterocycles. The van der Waals surface area contributed by atoms with Crippen molar-refractivity contribution in [2.45, 2.75) is 29.8 Å². The highest BCUT2D eigenvalue weighted by atomic mass is 32.2. The Labute approximate surface area is 154 Å². The molecule has 0 saturated carbocycles. The molecule has 0 aliphatic carbocycles. The van der Waals surface area contributed by atoms with Gasteiger partial charge in [-0.15, -0.1) is 0 Å². The maximum atomic E-state index is 12.6. The second-order valence-corrected chi connectivity index (χ2v) is 7.56. The van der Waals surface area contributed by atoms with Crippen LogP contribution in [0.4, 0.5) is 13.2 Å². The van der Waals surface area contributed by atoms with E-state index in [9.17, 15) is 18.0 Å². The van der Waals surface area contributed by atoms with Gasteiger partial charge in [0.15, 0.2) is 0 Å². The highest BCUT2D eigenvalue weighted by molar-refractivity contribution is 8.01. The van der Waals surface area contributed by atoms with Crippen LogP contribution in [-0.2, 0) is 11.0 Å². The third-order valence-electron chi connectivity index (χ3n) is 3.37. The zero-order chi connectivity index (χ0) is 19.2. The first-order valence-electron chi connectivity index (χ1n) is 7.87. The first-order valence-corrected chi connectivity index (χ1v) is 8.68. The van der Waals surface area contributed by atoms with Gasteiger partial charge in [0.05, 0.1) is 21.9 Å². The lowest BCUT2D eigenvalue weighted by molar-refractivity contribution is -0.137. The average Bonchev–Trinajstić information content (AvgIpc) is 2.58. The number of halogens is 3. The molecule has 1 aromatic carbocycles. The minimum absolute atomic E-state index is 0.249. The number of thioether (sulfide) groups is 1. The van der Waals surface area contributed by atoms with Gasteiger partial charge in [-0.3, -0.25) is 4.79 Å². The SMILES string of the molecule is CC(C)(Sc1ccc(C(F)(F)F)cn1)C(=O)NCCOc1ccccc1. The minimum atomic E-state index is -4.43. The van der Waals surface area contributed by atoms with Gasteiger partial charge in [0.1, 0.15) is 12.4 Å². The number of nitrogens with zero attached hydrogens (tertiary/aromatic N) is 1. The number of nitrogens with one attached hydrogen (secondary N) is 1. The molecule has 26 heavy (non-hydrogen) atoms. The summed E-state index contributed by atoms with van der Waals surface area (Å²) >= 11 is 1.10. The summed E-state index contributed by atoms with van der Waals surface area (Å²) in [5, 5.41) is 3.10. The van der Waals surface area contributed by atoms with Gasteiger partial charge >= 0.3 is 6.18 Å². The number of hydrogen-bond donors (Lipinski definition) is 1. The smallest absolute Gasteiger partial charge is 0.417 e. The van der Waals surface area contributed by atoms with Crippen LogP contribution in [-0.4, -0.2) is 28.8 Å². The van der Waals surface area contributed by atoms with E-state index in [1.54, 1.807) is 13.8 Å². The number of para-hydroxylation sites is 1. The van der Waals surface area contributed by atoms with E-state index in [1.165, 1.54) is 6.07 Å². The number of benzene rings is 1. The molecule has 0 atom stereocenters. The van der Waals surface area contributed by atoms with Crippen LogP contribution in [0.2, 0.25) is 0 Å². The Hall–Kier alpha value is -2.22. The Morgan fingerprint density at radius 2 is 1.85 bits per heavy atom. The van der Waals surface area contributed by atoms with E-state index in [4.69, 9.17) is 4.74 Å². The van der Waals surface area contributed by atoms with Crippen molar-refractivity contribution >= 4 is 17.7 Å². The summed E-state index contributed by atoms with van der Waals surface area (Å²) in [7, 11) is 0. The zero-order valence-corrected chi connectivity index (χ0v) is 15.2. The molecular formula is C18H19F3N2O2S. The molecule has 2 rings (SSSR count). The molecule has 0 bridgehead atoms. The quantitative estimate of drug-likeness (QED) is 0.575. The molecule has 4 nitrogen and oxygen atoms in total. The van der Waals surface area contributed by atoms with Crippen molar-refractivity contribution in [2.75, 3.05) is 13.2 Å². The summed E-state index contributed by atoms with van der Waals surface area (Å²) in [5.74, 6) is 0.463. The van der Waals surface area contributed by atoms with Gasteiger partial charge in [-0.2, -0.15) is 13.2 Å². The molecule has 0 unspecified atom stereocenters. The number of pyridine rings is 1. The van der Waals surface area contributed by atoms with Crippen molar-refractivity contribution in [2.24, 2.45) is 0 Å². The van der Waals surface area contributed by atoms with Gasteiger partial charge in [-0.25, -0.2) is 4.98 Å². The first-order chi connectivity index (χ1) is 12.2. The summed E-state index contributed by atoms with van der Waals surface area (Å²) in [4.78, 5) is 16.1. The first kappa shape index (κ1) is 20.1. The topological polar surface area (TPSA) is 51.2 Å². The number of alkyl halides is 3. The fourth-order valence-corrected chi connectivity index (χ4v) is 2.91. The maximum Gasteiger partial charge on any atom is 0.417 e. The largest absolute Gasteiger partial charge is 0.492 e. The predicted octanol–water partition coefficient (Wildman–Crippen LogP) is 4.17. The molecule has 1 N–H and O–H groups in total. The fourth-order valence-electron chi connectivity index (χ4n) is 1.98. The van der Waals surface area contributed by atoms with Crippen LogP contribution in [0, 0.1) is 0 Å². The molecule has 140 valence electrons. The Balaban J connectivity index is 1.83. The standard InChI is InChI=1S/C18H19F3N2O2S/c1-17(2,26-15-9-8-13(12-23-15)18(19,20)21)16(24)22-10-11-25-14-6-4-3-5-7-14/h3-9,12H,10-11H2,1-2H3,(H,22,24). The van der Waals surface area contributed by atoms with E-state index in [2.05, 4.69) is 10.3 Å². The second-order valence-electron chi connectivity index (χ2n) is 5.91. The molecule has 0 aliphatic rings. The lowest BCUT2D eigenvalue weighted by Crippen LogP contribution is -2.41. The predicted molar refractivity (Wildman–Crippen MR) is 94.1 cm³/mol. The Morgan fingerprint density at radius 1 is 1.15 bits per heavy atom. The number of carbonyl (C=O) groups excluding carboxylic acids is 1. The van der Waals surface area contributed by atoms with Crippen molar-refractivity contribution < 1.29 is 22.7 Å². The summed E-state index contributed by atoms with van der Waals surface area (Å²) in [5.41, 5.74) is -0.817. The van der Waals surface area contributed by atoms with Crippen LogP contribution >= 0.6 is 11.8 Å². The Kier molecular flexibility index (Phi) is 6.52. The molecule has 0 spiro atoms. The zero-order valence-electron chi connectivity index (χ0n) is 14.3. The van der Waals surface area contributed by atoms with E-state index in [0.717, 1.165) is 24.0 Å². The number of aromatic nitrogens is 1. The lowest BCUT2D eigenvalue weighted by atomic mass is 10.2. The van der Waals surface area contributed by atoms with Gasteiger partial charge in [0.2, 0.25) is 5.91 Å². The van der Waals surface area contributed by atoms with Crippen molar-refractivity contribution in [3.05, 3.63) is 54.2 Å². The molecule has 0 aliphatic heterocycles. The van der Waals surface area contributed by atoms with E-state index >= 15 is 0 Å². The van der Waals surface area contributed by atoms with Crippen molar-refractivity contribution in [1.29, 1.82) is 0 Å². The molecule has 2 aromatic rings. The van der Waals surface area contributed by atoms with Crippen molar-refractivity contribution in [3.63, 3.8) is 0 Å². The highest BCUT2D eigenvalue weighted by Crippen LogP contribution is 2.34. The van der Waals surface area contributed by atoms with Crippen LogP contribution in [0.3, 0.4) is 0 Å². The van der Waals surface area contributed by atoms with Crippen LogP contribution in [0.1, 0.15) is 19.4 Å². The molecular weight excluding hydrogens is 365 g/mol. The summed E-state index contributed by atoms with van der Waals surface area (Å²) in [6.45, 7) is 4.00. The summed E-state index contributed by atoms with van der Waals surface area (Å²) in [6.07, 6.45) is -3.66. The molecule has 8 heteroatoms. The third-order valence-corrected chi connectivity index (χ3v) is 4.52. The minimum Gasteiger partial charge on any atom is -0.492 e. The van der Waals surface area contributed by atoms with E-state index in [-0.39, 0.29) is 5.91 Å². The van der Waals surface area contributed by atoms with Gasteiger partial charge < -0.3 is 10.1 Å². The molecule has 1 amide bonds. The Bertz CT molecular complexity index is 719. The number of rotatable bonds is 7. The van der Waals surface area contributed by atoms with Crippen molar-refractivity contribution in [3.8, 4) is 5.75 Å². The van der Waals surface area contributed by atoms with Crippen LogP contribution in [0.15, 0.2) is 53.7 Å². The average molecular weight is 384 g/mol. The second kappa shape index (κ2) is 8.44. The van der Waals surface area contributed by atoms with Crippen LogP contribution < -0.4 is 10.1 Å². The van der Waals surface area contributed by atoms with Gasteiger partial charge in [0, 0.05) is 6.20 Å². The van der Waals surface area contributed by atoms with Gasteiger partial charge in [-0.1, -0.05) is 30.0 Å². The van der Waals surface area contributed by atoms with E-state index < -0.39 is 16.5 Å². The summed E-state index contributed by atoms with van der Waals surface area (Å²) < 4.78 is 42.3. The molecule has 1 heterocycles.